The highest BCUT2D eigenvalue weighted by Gasteiger charge is 2.43. The first-order valence-electron chi connectivity index (χ1n) is 10.6. The van der Waals surface area contributed by atoms with Crippen LogP contribution < -0.4 is 0 Å². The molecule has 1 aromatic rings. The molecule has 29 heavy (non-hydrogen) atoms. The molecule has 2 amide bonds. The van der Waals surface area contributed by atoms with Gasteiger partial charge in [0, 0.05) is 39.8 Å². The van der Waals surface area contributed by atoms with Crippen LogP contribution >= 0.6 is 0 Å². The van der Waals surface area contributed by atoms with Gasteiger partial charge in [-0.1, -0.05) is 12.1 Å². The highest BCUT2D eigenvalue weighted by Crippen LogP contribution is 2.42. The molecular formula is C22H31N3O4. The van der Waals surface area contributed by atoms with Crippen LogP contribution in [0.25, 0.3) is 0 Å². The van der Waals surface area contributed by atoms with Gasteiger partial charge in [-0.15, -0.1) is 0 Å². The number of amides is 2. The number of aromatic hydroxyl groups is 1. The Bertz CT molecular complexity index is 743. The van der Waals surface area contributed by atoms with Crippen LogP contribution in [0.1, 0.15) is 24.8 Å². The zero-order chi connectivity index (χ0) is 20.4. The lowest BCUT2D eigenvalue weighted by Crippen LogP contribution is -2.50. The van der Waals surface area contributed by atoms with Crippen molar-refractivity contribution in [2.75, 3.05) is 52.9 Å². The van der Waals surface area contributed by atoms with Crippen LogP contribution in [0.4, 0.5) is 0 Å². The second-order valence-corrected chi connectivity index (χ2v) is 8.91. The number of phenols is 1. The Kier molecular flexibility index (Phi) is 5.79. The zero-order valence-corrected chi connectivity index (χ0v) is 17.2. The van der Waals surface area contributed by atoms with E-state index in [1.165, 1.54) is 0 Å². The lowest BCUT2D eigenvalue weighted by atomic mass is 9.76. The number of likely N-dealkylation sites (tertiary alicyclic amines) is 1. The number of nitrogens with zero attached hydrogens (tertiary/aromatic N) is 3. The van der Waals surface area contributed by atoms with Crippen molar-refractivity contribution in [2.24, 2.45) is 5.41 Å². The maximum Gasteiger partial charge on any atom is 0.236 e. The predicted molar refractivity (Wildman–Crippen MR) is 108 cm³/mol. The maximum absolute atomic E-state index is 12.6. The van der Waals surface area contributed by atoms with Gasteiger partial charge in [0.05, 0.1) is 25.7 Å². The average molecular weight is 402 g/mol. The van der Waals surface area contributed by atoms with E-state index in [2.05, 4.69) is 4.90 Å². The highest BCUT2D eigenvalue weighted by molar-refractivity contribution is 5.79. The maximum atomic E-state index is 12.6. The van der Waals surface area contributed by atoms with Gasteiger partial charge in [-0.25, -0.2) is 0 Å². The number of rotatable bonds is 4. The minimum absolute atomic E-state index is 0.150. The molecule has 1 aromatic carbocycles. The summed E-state index contributed by atoms with van der Waals surface area (Å²) in [6, 6.07) is 6.85. The molecule has 3 saturated heterocycles. The van der Waals surface area contributed by atoms with Gasteiger partial charge in [-0.3, -0.25) is 14.5 Å². The first kappa shape index (κ1) is 20.2. The molecule has 1 N–H and O–H groups in total. The van der Waals surface area contributed by atoms with Crippen LogP contribution in [0.5, 0.6) is 5.75 Å². The molecular weight excluding hydrogens is 370 g/mol. The van der Waals surface area contributed by atoms with Crippen molar-refractivity contribution < 1.29 is 19.4 Å². The number of carbonyl (C=O) groups is 2. The monoisotopic (exact) mass is 401 g/mol. The third-order valence-electron chi connectivity index (χ3n) is 6.75. The van der Waals surface area contributed by atoms with Crippen LogP contribution in [0.2, 0.25) is 0 Å². The van der Waals surface area contributed by atoms with Crippen LogP contribution in [0, 0.1) is 5.41 Å². The topological polar surface area (TPSA) is 73.3 Å². The Hall–Kier alpha value is -2.12. The number of carbonyl (C=O) groups excluding carboxylic acids is 2. The molecule has 0 aromatic heterocycles. The summed E-state index contributed by atoms with van der Waals surface area (Å²) in [5.74, 6) is 0.555. The molecule has 7 nitrogen and oxygen atoms in total. The SMILES string of the molecule is CN1CCN(C[C@H]2CC3(CCN(C(=O)Cc4ccc(O)cc4)CC3)CO2)CC1=O. The summed E-state index contributed by atoms with van der Waals surface area (Å²) in [5, 5.41) is 9.38. The Balaban J connectivity index is 1.24. The van der Waals surface area contributed by atoms with E-state index in [0.717, 1.165) is 64.2 Å². The molecule has 1 atom stereocenters. The third-order valence-corrected chi connectivity index (χ3v) is 6.75. The molecule has 0 saturated carbocycles. The van der Waals surface area contributed by atoms with Crippen molar-refractivity contribution in [3.8, 4) is 5.75 Å². The summed E-state index contributed by atoms with van der Waals surface area (Å²) in [5.41, 5.74) is 1.11. The van der Waals surface area contributed by atoms with E-state index in [1.54, 1.807) is 29.2 Å². The molecule has 158 valence electrons. The summed E-state index contributed by atoms with van der Waals surface area (Å²) in [7, 11) is 1.86. The molecule has 3 aliphatic heterocycles. The van der Waals surface area contributed by atoms with Crippen LogP contribution in [-0.4, -0.2) is 90.6 Å². The molecule has 1 spiro atoms. The minimum Gasteiger partial charge on any atom is -0.508 e. The second-order valence-electron chi connectivity index (χ2n) is 8.91. The molecule has 0 unspecified atom stereocenters. The van der Waals surface area contributed by atoms with Crippen LogP contribution in [0.3, 0.4) is 0 Å². The molecule has 3 aliphatic rings. The van der Waals surface area contributed by atoms with Crippen molar-refractivity contribution in [1.29, 1.82) is 0 Å². The Morgan fingerprint density at radius 3 is 2.59 bits per heavy atom. The quantitative estimate of drug-likeness (QED) is 0.818. The van der Waals surface area contributed by atoms with E-state index in [0.29, 0.717) is 13.0 Å². The number of ether oxygens (including phenoxy) is 1. The lowest BCUT2D eigenvalue weighted by molar-refractivity contribution is -0.135. The van der Waals surface area contributed by atoms with Crippen molar-refractivity contribution >= 4 is 11.8 Å². The fourth-order valence-electron chi connectivity index (χ4n) is 4.74. The third kappa shape index (κ3) is 4.73. The number of hydrogen-bond acceptors (Lipinski definition) is 5. The smallest absolute Gasteiger partial charge is 0.236 e. The highest BCUT2D eigenvalue weighted by atomic mass is 16.5. The molecule has 3 fully saturated rings. The number of piperazine rings is 1. The van der Waals surface area contributed by atoms with Gasteiger partial charge in [0.25, 0.3) is 0 Å². The summed E-state index contributed by atoms with van der Waals surface area (Å²) in [6.07, 6.45) is 3.54. The standard InChI is InChI=1S/C22H31N3O4/c1-23-10-11-24(15-21(23)28)14-19-13-22(16-29-19)6-8-25(9-7-22)20(27)12-17-2-4-18(26)5-3-17/h2-5,19,26H,6-16H2,1H3/t19-/m1/s1. The fraction of sp³-hybridized carbons (Fsp3) is 0.636. The largest absolute Gasteiger partial charge is 0.508 e. The number of piperidine rings is 1. The summed E-state index contributed by atoms with van der Waals surface area (Å²) in [4.78, 5) is 30.5. The van der Waals surface area contributed by atoms with Gasteiger partial charge in [-0.05, 0) is 42.4 Å². The van der Waals surface area contributed by atoms with Crippen molar-refractivity contribution in [2.45, 2.75) is 31.8 Å². The average Bonchev–Trinajstić information content (AvgIpc) is 3.09. The van der Waals surface area contributed by atoms with E-state index in [1.807, 2.05) is 11.9 Å². The van der Waals surface area contributed by atoms with E-state index in [-0.39, 0.29) is 29.1 Å². The van der Waals surface area contributed by atoms with Gasteiger partial charge in [0.15, 0.2) is 0 Å². The molecule has 7 heteroatoms. The number of likely N-dealkylation sites (N-methyl/N-ethyl adjacent to an activating group) is 1. The Labute approximate surface area is 172 Å². The molecule has 4 rings (SSSR count). The van der Waals surface area contributed by atoms with Gasteiger partial charge < -0.3 is 19.6 Å². The van der Waals surface area contributed by atoms with Crippen LogP contribution in [0.15, 0.2) is 24.3 Å². The van der Waals surface area contributed by atoms with Gasteiger partial charge in [0.2, 0.25) is 11.8 Å². The minimum atomic E-state index is 0.150. The lowest BCUT2D eigenvalue weighted by Gasteiger charge is -2.39. The van der Waals surface area contributed by atoms with Crippen LogP contribution in [-0.2, 0) is 20.7 Å². The number of phenolic OH excluding ortho intramolecular Hbond substituents is 1. The van der Waals surface area contributed by atoms with Crippen molar-refractivity contribution in [3.05, 3.63) is 29.8 Å². The van der Waals surface area contributed by atoms with E-state index in [4.69, 9.17) is 4.74 Å². The molecule has 0 aliphatic carbocycles. The zero-order valence-electron chi connectivity index (χ0n) is 17.2. The fourth-order valence-corrected chi connectivity index (χ4v) is 4.74. The van der Waals surface area contributed by atoms with Crippen molar-refractivity contribution in [1.82, 2.24) is 14.7 Å². The summed E-state index contributed by atoms with van der Waals surface area (Å²) in [6.45, 7) is 5.33. The summed E-state index contributed by atoms with van der Waals surface area (Å²) >= 11 is 0. The van der Waals surface area contributed by atoms with Gasteiger partial charge in [0.1, 0.15) is 5.75 Å². The Morgan fingerprint density at radius 1 is 1.17 bits per heavy atom. The van der Waals surface area contributed by atoms with E-state index < -0.39 is 0 Å². The van der Waals surface area contributed by atoms with E-state index in [9.17, 15) is 14.7 Å². The second kappa shape index (κ2) is 8.32. The predicted octanol–water partition coefficient (Wildman–Crippen LogP) is 1.11. The first-order valence-corrected chi connectivity index (χ1v) is 10.6. The molecule has 0 bridgehead atoms. The molecule has 0 radical (unpaired) electrons. The normalized spacial score (nSPS) is 25.0. The molecule has 3 heterocycles. The first-order chi connectivity index (χ1) is 13.9. The van der Waals surface area contributed by atoms with Gasteiger partial charge in [-0.2, -0.15) is 0 Å². The number of benzene rings is 1. The Morgan fingerprint density at radius 2 is 1.90 bits per heavy atom. The van der Waals surface area contributed by atoms with Crippen molar-refractivity contribution in [3.63, 3.8) is 0 Å². The van der Waals surface area contributed by atoms with E-state index >= 15 is 0 Å². The van der Waals surface area contributed by atoms with Gasteiger partial charge >= 0.3 is 0 Å². The number of hydrogen-bond donors (Lipinski definition) is 1. The summed E-state index contributed by atoms with van der Waals surface area (Å²) < 4.78 is 6.12.